The van der Waals surface area contributed by atoms with Gasteiger partial charge in [0, 0.05) is 6.54 Å². The molecule has 0 saturated heterocycles. The third kappa shape index (κ3) is 4.33. The lowest BCUT2D eigenvalue weighted by molar-refractivity contribution is 0.0236. The number of likely N-dealkylation sites (N-methyl/N-ethyl adjacent to an activating group) is 1. The Bertz CT molecular complexity index is 593. The van der Waals surface area contributed by atoms with Crippen molar-refractivity contribution in [3.8, 4) is 5.75 Å². The van der Waals surface area contributed by atoms with Crippen LogP contribution in [-0.2, 0) is 4.74 Å². The van der Waals surface area contributed by atoms with Crippen molar-refractivity contribution < 1.29 is 14.3 Å². The Morgan fingerprint density at radius 2 is 1.68 bits per heavy atom. The van der Waals surface area contributed by atoms with Crippen LogP contribution in [0.4, 0.5) is 0 Å². The monoisotopic (exact) mass is 299 g/mol. The van der Waals surface area contributed by atoms with Crippen molar-refractivity contribution in [2.75, 3.05) is 27.7 Å². The Hall–Kier alpha value is -2.33. The van der Waals surface area contributed by atoms with Gasteiger partial charge in [-0.3, -0.25) is 0 Å². The molecule has 0 spiro atoms. The minimum absolute atomic E-state index is 0.316. The fourth-order valence-corrected chi connectivity index (χ4v) is 2.13. The molecule has 0 bridgehead atoms. The standard InChI is InChI=1S/C18H21NO3/c1-19(2)13-17(14-9-11-16(21-3)12-10-14)22-18(20)15-7-5-4-6-8-15/h4-12,17H,13H2,1-3H3. The highest BCUT2D eigenvalue weighted by molar-refractivity contribution is 5.89. The molecule has 4 nitrogen and oxygen atoms in total. The first-order valence-corrected chi connectivity index (χ1v) is 7.15. The molecule has 0 radical (unpaired) electrons. The molecule has 1 unspecified atom stereocenters. The summed E-state index contributed by atoms with van der Waals surface area (Å²) < 4.78 is 10.8. The van der Waals surface area contributed by atoms with Gasteiger partial charge in [-0.25, -0.2) is 4.79 Å². The number of carbonyl (C=O) groups is 1. The molecule has 2 aromatic rings. The van der Waals surface area contributed by atoms with Crippen LogP contribution in [0.25, 0.3) is 0 Å². The molecule has 0 heterocycles. The third-order valence-corrected chi connectivity index (χ3v) is 3.28. The summed E-state index contributed by atoms with van der Waals surface area (Å²) in [5.41, 5.74) is 1.50. The fraction of sp³-hybridized carbons (Fsp3) is 0.278. The first-order chi connectivity index (χ1) is 10.6. The summed E-state index contributed by atoms with van der Waals surface area (Å²) in [6, 6.07) is 16.6. The minimum Gasteiger partial charge on any atom is -0.497 e. The summed E-state index contributed by atoms with van der Waals surface area (Å²) in [4.78, 5) is 14.3. The van der Waals surface area contributed by atoms with Gasteiger partial charge in [-0.1, -0.05) is 30.3 Å². The number of nitrogens with zero attached hydrogens (tertiary/aromatic N) is 1. The molecule has 2 aromatic carbocycles. The predicted molar refractivity (Wildman–Crippen MR) is 86.1 cm³/mol. The van der Waals surface area contributed by atoms with Crippen LogP contribution in [0, 0.1) is 0 Å². The molecule has 0 saturated carbocycles. The second kappa shape index (κ2) is 7.61. The highest BCUT2D eigenvalue weighted by Gasteiger charge is 2.19. The number of methoxy groups -OCH3 is 1. The van der Waals surface area contributed by atoms with E-state index in [4.69, 9.17) is 9.47 Å². The highest BCUT2D eigenvalue weighted by atomic mass is 16.5. The molecular weight excluding hydrogens is 278 g/mol. The maximum atomic E-state index is 12.3. The van der Waals surface area contributed by atoms with E-state index in [-0.39, 0.29) is 12.1 Å². The Balaban J connectivity index is 2.16. The highest BCUT2D eigenvalue weighted by Crippen LogP contribution is 2.22. The van der Waals surface area contributed by atoms with Gasteiger partial charge in [-0.2, -0.15) is 0 Å². The summed E-state index contributed by atoms with van der Waals surface area (Å²) >= 11 is 0. The third-order valence-electron chi connectivity index (χ3n) is 3.28. The maximum Gasteiger partial charge on any atom is 0.338 e. The lowest BCUT2D eigenvalue weighted by Gasteiger charge is -2.22. The van der Waals surface area contributed by atoms with Gasteiger partial charge >= 0.3 is 5.97 Å². The van der Waals surface area contributed by atoms with Gasteiger partial charge < -0.3 is 14.4 Å². The van der Waals surface area contributed by atoms with Crippen LogP contribution in [-0.4, -0.2) is 38.6 Å². The van der Waals surface area contributed by atoms with Crippen LogP contribution in [0.5, 0.6) is 5.75 Å². The zero-order chi connectivity index (χ0) is 15.9. The van der Waals surface area contributed by atoms with E-state index in [1.807, 2.05) is 61.5 Å². The molecule has 2 rings (SSSR count). The van der Waals surface area contributed by atoms with Gasteiger partial charge in [0.15, 0.2) is 0 Å². The number of benzene rings is 2. The molecule has 0 amide bonds. The molecule has 22 heavy (non-hydrogen) atoms. The summed E-state index contributed by atoms with van der Waals surface area (Å²) in [6.45, 7) is 0.616. The van der Waals surface area contributed by atoms with Gasteiger partial charge in [-0.15, -0.1) is 0 Å². The average Bonchev–Trinajstić information content (AvgIpc) is 2.54. The van der Waals surface area contributed by atoms with Crippen molar-refractivity contribution in [3.05, 3.63) is 65.7 Å². The number of esters is 1. The van der Waals surface area contributed by atoms with E-state index in [1.165, 1.54) is 0 Å². The van der Waals surface area contributed by atoms with Crippen LogP contribution in [0.3, 0.4) is 0 Å². The van der Waals surface area contributed by atoms with E-state index in [9.17, 15) is 4.79 Å². The number of hydrogen-bond donors (Lipinski definition) is 0. The van der Waals surface area contributed by atoms with E-state index in [0.29, 0.717) is 12.1 Å². The quantitative estimate of drug-likeness (QED) is 0.768. The molecule has 0 fully saturated rings. The molecule has 0 aliphatic rings. The molecule has 0 aliphatic heterocycles. The van der Waals surface area contributed by atoms with Gasteiger partial charge in [0.05, 0.1) is 12.7 Å². The lowest BCUT2D eigenvalue weighted by atomic mass is 10.1. The number of ether oxygens (including phenoxy) is 2. The van der Waals surface area contributed by atoms with E-state index >= 15 is 0 Å². The smallest absolute Gasteiger partial charge is 0.338 e. The number of rotatable bonds is 6. The van der Waals surface area contributed by atoms with Gasteiger partial charge in [0.25, 0.3) is 0 Å². The summed E-state index contributed by atoms with van der Waals surface area (Å²) in [7, 11) is 5.53. The normalized spacial score (nSPS) is 12.0. The Labute approximate surface area is 131 Å². The molecule has 0 aliphatic carbocycles. The topological polar surface area (TPSA) is 38.8 Å². The second-order valence-electron chi connectivity index (χ2n) is 5.30. The summed E-state index contributed by atoms with van der Waals surface area (Å²) in [5, 5.41) is 0. The van der Waals surface area contributed by atoms with E-state index in [1.54, 1.807) is 19.2 Å². The van der Waals surface area contributed by atoms with Gasteiger partial charge in [-0.05, 0) is 43.9 Å². The van der Waals surface area contributed by atoms with Crippen molar-refractivity contribution in [1.82, 2.24) is 4.90 Å². The van der Waals surface area contributed by atoms with Crippen LogP contribution >= 0.6 is 0 Å². The van der Waals surface area contributed by atoms with Crippen molar-refractivity contribution in [2.24, 2.45) is 0 Å². The van der Waals surface area contributed by atoms with Crippen molar-refractivity contribution in [1.29, 1.82) is 0 Å². The summed E-state index contributed by atoms with van der Waals surface area (Å²) in [6.07, 6.45) is -0.325. The predicted octanol–water partition coefficient (Wildman–Crippen LogP) is 3.15. The second-order valence-corrected chi connectivity index (χ2v) is 5.30. The Morgan fingerprint density at radius 3 is 2.23 bits per heavy atom. The number of carbonyl (C=O) groups excluding carboxylic acids is 1. The Morgan fingerprint density at radius 1 is 1.05 bits per heavy atom. The van der Waals surface area contributed by atoms with E-state index in [2.05, 4.69) is 0 Å². The Kier molecular flexibility index (Phi) is 5.55. The lowest BCUT2D eigenvalue weighted by Crippen LogP contribution is -2.24. The zero-order valence-corrected chi connectivity index (χ0v) is 13.2. The first kappa shape index (κ1) is 16.0. The fourth-order valence-electron chi connectivity index (χ4n) is 2.13. The first-order valence-electron chi connectivity index (χ1n) is 7.15. The van der Waals surface area contributed by atoms with Crippen LogP contribution in [0.2, 0.25) is 0 Å². The largest absolute Gasteiger partial charge is 0.497 e. The SMILES string of the molecule is COc1ccc(C(CN(C)C)OC(=O)c2ccccc2)cc1. The summed E-state index contributed by atoms with van der Waals surface area (Å²) in [5.74, 6) is 0.463. The minimum atomic E-state index is -0.325. The molecule has 116 valence electrons. The molecular formula is C18H21NO3. The van der Waals surface area contributed by atoms with Gasteiger partial charge in [0.1, 0.15) is 11.9 Å². The molecule has 0 N–H and O–H groups in total. The van der Waals surface area contributed by atoms with Crippen molar-refractivity contribution >= 4 is 5.97 Å². The average molecular weight is 299 g/mol. The maximum absolute atomic E-state index is 12.3. The van der Waals surface area contributed by atoms with E-state index < -0.39 is 0 Å². The molecule has 4 heteroatoms. The van der Waals surface area contributed by atoms with Crippen molar-refractivity contribution in [3.63, 3.8) is 0 Å². The zero-order valence-electron chi connectivity index (χ0n) is 13.2. The number of hydrogen-bond acceptors (Lipinski definition) is 4. The van der Waals surface area contributed by atoms with Crippen LogP contribution < -0.4 is 4.74 Å². The molecule has 0 aromatic heterocycles. The van der Waals surface area contributed by atoms with Crippen molar-refractivity contribution in [2.45, 2.75) is 6.10 Å². The molecule has 1 atom stereocenters. The van der Waals surface area contributed by atoms with E-state index in [0.717, 1.165) is 11.3 Å². The van der Waals surface area contributed by atoms with Crippen LogP contribution in [0.15, 0.2) is 54.6 Å². The van der Waals surface area contributed by atoms with Crippen LogP contribution in [0.1, 0.15) is 22.0 Å². The van der Waals surface area contributed by atoms with Gasteiger partial charge in [0.2, 0.25) is 0 Å².